The molecule has 0 bridgehead atoms. The average Bonchev–Trinajstić information content (AvgIpc) is 2.36. The van der Waals surface area contributed by atoms with Crippen molar-refractivity contribution in [3.63, 3.8) is 0 Å². The van der Waals surface area contributed by atoms with Crippen molar-refractivity contribution in [1.29, 1.82) is 0 Å². The molecule has 5 nitrogen and oxygen atoms in total. The van der Waals surface area contributed by atoms with Crippen molar-refractivity contribution >= 4 is 11.6 Å². The summed E-state index contributed by atoms with van der Waals surface area (Å²) in [5, 5.41) is 6.44. The minimum atomic E-state index is 0.456. The van der Waals surface area contributed by atoms with E-state index >= 15 is 0 Å². The molecule has 1 atom stereocenters. The maximum atomic E-state index is 5.11. The Hall–Kier alpha value is -1.36. The van der Waals surface area contributed by atoms with E-state index in [4.69, 9.17) is 4.74 Å². The van der Waals surface area contributed by atoms with Gasteiger partial charge in [-0.3, -0.25) is 0 Å². The van der Waals surface area contributed by atoms with Gasteiger partial charge < -0.3 is 15.4 Å². The van der Waals surface area contributed by atoms with E-state index in [2.05, 4.69) is 34.4 Å². The topological polar surface area (TPSA) is 59.1 Å². The zero-order valence-corrected chi connectivity index (χ0v) is 11.1. The summed E-state index contributed by atoms with van der Waals surface area (Å²) in [6, 6.07) is 0. The molecule has 0 aliphatic carbocycles. The van der Waals surface area contributed by atoms with Crippen LogP contribution < -0.4 is 10.6 Å². The lowest BCUT2D eigenvalue weighted by molar-refractivity contribution is 0.164. The monoisotopic (exact) mass is 238 g/mol. The van der Waals surface area contributed by atoms with Crippen molar-refractivity contribution in [2.75, 3.05) is 37.9 Å². The van der Waals surface area contributed by atoms with E-state index in [1.165, 1.54) is 0 Å². The van der Waals surface area contributed by atoms with E-state index in [-0.39, 0.29) is 0 Å². The van der Waals surface area contributed by atoms with Gasteiger partial charge in [0.25, 0.3) is 0 Å². The van der Waals surface area contributed by atoms with Crippen molar-refractivity contribution in [2.45, 2.75) is 20.3 Å². The number of aromatic nitrogens is 2. The molecule has 17 heavy (non-hydrogen) atoms. The van der Waals surface area contributed by atoms with Gasteiger partial charge in [-0.2, -0.15) is 0 Å². The SMILES string of the molecule is CCc1c(NC)ncnc1NCC(C)COC. The molecule has 5 heteroatoms. The van der Waals surface area contributed by atoms with Crippen LogP contribution in [0.3, 0.4) is 0 Å². The van der Waals surface area contributed by atoms with Gasteiger partial charge in [0, 0.05) is 26.3 Å². The fraction of sp³-hybridized carbons (Fsp3) is 0.667. The first-order chi connectivity index (χ1) is 8.22. The summed E-state index contributed by atoms with van der Waals surface area (Å²) in [5.74, 6) is 2.26. The highest BCUT2D eigenvalue weighted by Gasteiger charge is 2.09. The van der Waals surface area contributed by atoms with E-state index in [1.807, 2.05) is 7.05 Å². The van der Waals surface area contributed by atoms with Crippen molar-refractivity contribution in [2.24, 2.45) is 5.92 Å². The highest BCUT2D eigenvalue weighted by atomic mass is 16.5. The molecule has 0 aromatic carbocycles. The molecule has 0 radical (unpaired) electrons. The number of anilines is 2. The van der Waals surface area contributed by atoms with Crippen molar-refractivity contribution in [3.8, 4) is 0 Å². The van der Waals surface area contributed by atoms with Crippen LogP contribution in [0.5, 0.6) is 0 Å². The minimum absolute atomic E-state index is 0.456. The fourth-order valence-electron chi connectivity index (χ4n) is 1.73. The first-order valence-corrected chi connectivity index (χ1v) is 5.97. The molecule has 1 unspecified atom stereocenters. The fourth-order valence-corrected chi connectivity index (χ4v) is 1.73. The third kappa shape index (κ3) is 3.85. The first-order valence-electron chi connectivity index (χ1n) is 5.97. The summed E-state index contributed by atoms with van der Waals surface area (Å²) in [7, 11) is 3.59. The molecule has 0 aliphatic rings. The zero-order chi connectivity index (χ0) is 12.7. The highest BCUT2D eigenvalue weighted by Crippen LogP contribution is 2.19. The third-order valence-electron chi connectivity index (χ3n) is 2.60. The van der Waals surface area contributed by atoms with E-state index in [0.29, 0.717) is 5.92 Å². The van der Waals surface area contributed by atoms with E-state index in [0.717, 1.165) is 36.8 Å². The van der Waals surface area contributed by atoms with Crippen LogP contribution in [0.1, 0.15) is 19.4 Å². The summed E-state index contributed by atoms with van der Waals surface area (Å²) in [6.07, 6.45) is 2.48. The molecule has 0 spiro atoms. The molecule has 0 aliphatic heterocycles. The number of ether oxygens (including phenoxy) is 1. The summed E-state index contributed by atoms with van der Waals surface area (Å²) in [5.41, 5.74) is 1.12. The van der Waals surface area contributed by atoms with Crippen LogP contribution in [-0.2, 0) is 11.2 Å². The third-order valence-corrected chi connectivity index (χ3v) is 2.60. The van der Waals surface area contributed by atoms with Crippen LogP contribution in [0.25, 0.3) is 0 Å². The van der Waals surface area contributed by atoms with Gasteiger partial charge in [0.05, 0.1) is 6.61 Å². The Labute approximate surface area is 103 Å². The second kappa shape index (κ2) is 7.06. The Balaban J connectivity index is 2.70. The van der Waals surface area contributed by atoms with Gasteiger partial charge in [-0.1, -0.05) is 13.8 Å². The number of methoxy groups -OCH3 is 1. The second-order valence-corrected chi connectivity index (χ2v) is 4.09. The lowest BCUT2D eigenvalue weighted by Crippen LogP contribution is -2.18. The average molecular weight is 238 g/mol. The lowest BCUT2D eigenvalue weighted by atomic mass is 10.2. The summed E-state index contributed by atoms with van der Waals surface area (Å²) in [4.78, 5) is 8.49. The standard InChI is InChI=1S/C12H22N4O/c1-5-10-11(13-3)15-8-16-12(10)14-6-9(2)7-17-4/h8-9H,5-7H2,1-4H3,(H2,13,14,15,16). The molecular weight excluding hydrogens is 216 g/mol. The van der Waals surface area contributed by atoms with Crippen molar-refractivity contribution in [3.05, 3.63) is 11.9 Å². The molecule has 1 heterocycles. The van der Waals surface area contributed by atoms with Crippen LogP contribution in [0, 0.1) is 5.92 Å². The maximum absolute atomic E-state index is 5.11. The highest BCUT2D eigenvalue weighted by molar-refractivity contribution is 5.57. The Bertz CT molecular complexity index is 343. The van der Waals surface area contributed by atoms with Gasteiger partial charge >= 0.3 is 0 Å². The molecule has 96 valence electrons. The van der Waals surface area contributed by atoms with Gasteiger partial charge in [0.1, 0.15) is 18.0 Å². The Morgan fingerprint density at radius 2 is 2.06 bits per heavy atom. The number of nitrogens with zero attached hydrogens (tertiary/aromatic N) is 2. The molecule has 1 rings (SSSR count). The largest absolute Gasteiger partial charge is 0.384 e. The first kappa shape index (κ1) is 13.7. The number of nitrogens with one attached hydrogen (secondary N) is 2. The Morgan fingerprint density at radius 3 is 2.65 bits per heavy atom. The molecule has 0 fully saturated rings. The quantitative estimate of drug-likeness (QED) is 0.758. The molecule has 1 aromatic heterocycles. The van der Waals surface area contributed by atoms with E-state index < -0.39 is 0 Å². The van der Waals surface area contributed by atoms with Crippen LogP contribution in [0.2, 0.25) is 0 Å². The van der Waals surface area contributed by atoms with Crippen LogP contribution in [0.15, 0.2) is 6.33 Å². The van der Waals surface area contributed by atoms with Gasteiger partial charge in [0.15, 0.2) is 0 Å². The maximum Gasteiger partial charge on any atom is 0.134 e. The summed E-state index contributed by atoms with van der Waals surface area (Å²) < 4.78 is 5.11. The second-order valence-electron chi connectivity index (χ2n) is 4.09. The molecule has 2 N–H and O–H groups in total. The normalized spacial score (nSPS) is 12.2. The Morgan fingerprint density at radius 1 is 1.35 bits per heavy atom. The molecule has 0 saturated heterocycles. The van der Waals surface area contributed by atoms with Crippen molar-refractivity contribution < 1.29 is 4.74 Å². The van der Waals surface area contributed by atoms with E-state index in [1.54, 1.807) is 13.4 Å². The molecular formula is C12H22N4O. The van der Waals surface area contributed by atoms with Gasteiger partial charge in [0.2, 0.25) is 0 Å². The smallest absolute Gasteiger partial charge is 0.134 e. The van der Waals surface area contributed by atoms with Crippen LogP contribution in [-0.4, -0.2) is 37.3 Å². The predicted molar refractivity (Wildman–Crippen MR) is 70.5 cm³/mol. The van der Waals surface area contributed by atoms with Crippen LogP contribution in [0.4, 0.5) is 11.6 Å². The Kier molecular flexibility index (Phi) is 5.69. The van der Waals surface area contributed by atoms with Crippen molar-refractivity contribution in [1.82, 2.24) is 9.97 Å². The van der Waals surface area contributed by atoms with E-state index in [9.17, 15) is 0 Å². The van der Waals surface area contributed by atoms with Gasteiger partial charge in [-0.25, -0.2) is 9.97 Å². The lowest BCUT2D eigenvalue weighted by Gasteiger charge is -2.15. The zero-order valence-electron chi connectivity index (χ0n) is 11.1. The number of hydrogen-bond donors (Lipinski definition) is 2. The molecule has 0 saturated carbocycles. The number of rotatable bonds is 7. The number of hydrogen-bond acceptors (Lipinski definition) is 5. The van der Waals surface area contributed by atoms with Gasteiger partial charge in [-0.15, -0.1) is 0 Å². The summed E-state index contributed by atoms with van der Waals surface area (Å²) in [6.45, 7) is 5.84. The molecule has 1 aromatic rings. The summed E-state index contributed by atoms with van der Waals surface area (Å²) >= 11 is 0. The molecule has 0 amide bonds. The van der Waals surface area contributed by atoms with Crippen LogP contribution >= 0.6 is 0 Å². The minimum Gasteiger partial charge on any atom is -0.384 e. The van der Waals surface area contributed by atoms with Gasteiger partial charge in [-0.05, 0) is 12.3 Å². The predicted octanol–water partition coefficient (Wildman–Crippen LogP) is 1.78.